The van der Waals surface area contributed by atoms with Crippen LogP contribution in [-0.2, 0) is 9.47 Å². The third-order valence-corrected chi connectivity index (χ3v) is 10.2. The summed E-state index contributed by atoms with van der Waals surface area (Å²) in [4.78, 5) is 0. The summed E-state index contributed by atoms with van der Waals surface area (Å²) in [5, 5.41) is 0. The second-order valence-electron chi connectivity index (χ2n) is 12.3. The Morgan fingerprint density at radius 1 is 0.344 bits per heavy atom. The van der Waals surface area contributed by atoms with Gasteiger partial charge in [0.05, 0.1) is 24.4 Å². The van der Waals surface area contributed by atoms with E-state index >= 15 is 0 Å². The van der Waals surface area contributed by atoms with Crippen molar-refractivity contribution >= 4 is 6.71 Å². The van der Waals surface area contributed by atoms with E-state index in [1.54, 1.807) is 0 Å². The molecule has 6 atom stereocenters. The smallest absolute Gasteiger partial charge is 0.162 e. The molecule has 3 saturated carbocycles. The molecule has 0 aromatic carbocycles. The molecule has 0 bridgehead atoms. The third-order valence-electron chi connectivity index (χ3n) is 10.2. The van der Waals surface area contributed by atoms with Crippen molar-refractivity contribution in [2.45, 2.75) is 183 Å². The van der Waals surface area contributed by atoms with E-state index in [1.165, 1.54) is 141 Å². The van der Waals surface area contributed by atoms with Crippen molar-refractivity contribution in [1.29, 1.82) is 0 Å². The van der Waals surface area contributed by atoms with E-state index in [4.69, 9.17) is 9.47 Å². The summed E-state index contributed by atoms with van der Waals surface area (Å²) in [6.07, 6.45) is 33.1. The van der Waals surface area contributed by atoms with E-state index in [2.05, 4.69) is 0 Å². The first-order valence-electron chi connectivity index (χ1n) is 15.2. The van der Waals surface area contributed by atoms with E-state index in [0.29, 0.717) is 30.2 Å². The van der Waals surface area contributed by atoms with Gasteiger partial charge in [-0.25, -0.2) is 0 Å². The number of rotatable bonds is 0. The molecule has 5 fully saturated rings. The lowest BCUT2D eigenvalue weighted by Gasteiger charge is -2.57. The van der Waals surface area contributed by atoms with E-state index in [1.807, 2.05) is 0 Å². The second kappa shape index (κ2) is 12.1. The Labute approximate surface area is 199 Å². The van der Waals surface area contributed by atoms with Crippen LogP contribution in [0.3, 0.4) is 0 Å². The van der Waals surface area contributed by atoms with Crippen molar-refractivity contribution in [3.8, 4) is 0 Å². The molecule has 5 aliphatic rings. The van der Waals surface area contributed by atoms with Crippen LogP contribution in [0, 0.1) is 0 Å². The maximum absolute atomic E-state index is 7.16. The monoisotopic (exact) mass is 442 g/mol. The SMILES string of the molecule is C1CCCCCC2OC3CCCCCCC3B3C4CCCCCCC4OC(CCCC1)C32. The minimum Gasteiger partial charge on any atom is -0.376 e. The van der Waals surface area contributed by atoms with Crippen molar-refractivity contribution in [3.63, 3.8) is 0 Å². The van der Waals surface area contributed by atoms with Gasteiger partial charge in [-0.2, -0.15) is 0 Å². The molecule has 6 unspecified atom stereocenters. The summed E-state index contributed by atoms with van der Waals surface area (Å²) in [5.74, 6) is 2.34. The first-order chi connectivity index (χ1) is 15.9. The summed E-state index contributed by atoms with van der Waals surface area (Å²) in [7, 11) is 0. The van der Waals surface area contributed by atoms with Crippen molar-refractivity contribution in [2.75, 3.05) is 0 Å². The zero-order valence-electron chi connectivity index (χ0n) is 21.0. The average molecular weight is 443 g/mol. The normalized spacial score (nSPS) is 42.8. The molecular weight excluding hydrogens is 391 g/mol. The molecule has 5 rings (SSSR count). The van der Waals surface area contributed by atoms with Crippen LogP contribution in [-0.4, -0.2) is 31.1 Å². The van der Waals surface area contributed by atoms with Gasteiger partial charge in [0.25, 0.3) is 0 Å². The highest BCUT2D eigenvalue weighted by Gasteiger charge is 2.57. The van der Waals surface area contributed by atoms with Crippen LogP contribution in [0.4, 0.5) is 0 Å². The van der Waals surface area contributed by atoms with Crippen LogP contribution < -0.4 is 0 Å². The number of hydrogen-bond acceptors (Lipinski definition) is 2. The first kappa shape index (κ1) is 23.7. The molecule has 2 saturated heterocycles. The highest BCUT2D eigenvalue weighted by Crippen LogP contribution is 2.56. The van der Waals surface area contributed by atoms with E-state index < -0.39 is 0 Å². The Balaban J connectivity index is 1.45. The highest BCUT2D eigenvalue weighted by atomic mass is 16.5. The van der Waals surface area contributed by atoms with Crippen molar-refractivity contribution < 1.29 is 9.47 Å². The summed E-state index contributed by atoms with van der Waals surface area (Å²) in [6, 6.07) is 0. The van der Waals surface area contributed by atoms with Crippen LogP contribution in [0.1, 0.15) is 141 Å². The van der Waals surface area contributed by atoms with Gasteiger partial charge in [-0.3, -0.25) is 0 Å². The van der Waals surface area contributed by atoms with Crippen molar-refractivity contribution in [3.05, 3.63) is 0 Å². The molecule has 3 heteroatoms. The predicted molar refractivity (Wildman–Crippen MR) is 136 cm³/mol. The van der Waals surface area contributed by atoms with Gasteiger partial charge in [-0.05, 0) is 43.1 Å². The average Bonchev–Trinajstić information content (AvgIpc) is 2.77. The third kappa shape index (κ3) is 5.61. The Morgan fingerprint density at radius 3 is 1.06 bits per heavy atom. The molecule has 3 aliphatic carbocycles. The van der Waals surface area contributed by atoms with Crippen LogP contribution >= 0.6 is 0 Å². The van der Waals surface area contributed by atoms with Crippen LogP contribution in [0.15, 0.2) is 0 Å². The van der Waals surface area contributed by atoms with E-state index in [9.17, 15) is 0 Å². The Bertz CT molecular complexity index is 507. The van der Waals surface area contributed by atoms with Crippen molar-refractivity contribution in [2.24, 2.45) is 0 Å². The maximum Gasteiger partial charge on any atom is 0.162 e. The molecule has 2 aliphatic heterocycles. The van der Waals surface area contributed by atoms with Crippen LogP contribution in [0.25, 0.3) is 0 Å². The van der Waals surface area contributed by atoms with E-state index in [0.717, 1.165) is 18.3 Å². The summed E-state index contributed by atoms with van der Waals surface area (Å²) >= 11 is 0. The van der Waals surface area contributed by atoms with Gasteiger partial charge in [0, 0.05) is 0 Å². The van der Waals surface area contributed by atoms with Crippen LogP contribution in [0.2, 0.25) is 17.5 Å². The van der Waals surface area contributed by atoms with Gasteiger partial charge in [-0.15, -0.1) is 0 Å². The summed E-state index contributed by atoms with van der Waals surface area (Å²) < 4.78 is 14.3. The standard InChI is InChI=1S/C29H51BO2/c1-2-4-6-16-22-28-29-27(21-15-5-3-1)31-25-19-13-9-7-11-17-23(25)30(29)24-18-12-8-10-14-20-26(24)32-28/h23-29H,1-22H2. The van der Waals surface area contributed by atoms with E-state index in [-0.39, 0.29) is 0 Å². The molecule has 2 heterocycles. The molecule has 0 aromatic heterocycles. The largest absolute Gasteiger partial charge is 0.376 e. The van der Waals surface area contributed by atoms with Gasteiger partial charge >= 0.3 is 0 Å². The number of fused-ring (bicyclic) bond motifs is 4. The fourth-order valence-electron chi connectivity index (χ4n) is 8.70. The fourth-order valence-corrected chi connectivity index (χ4v) is 8.70. The second-order valence-corrected chi connectivity index (χ2v) is 12.3. The molecule has 182 valence electrons. The molecule has 0 N–H and O–H groups in total. The molecular formula is C29H51BO2. The summed E-state index contributed by atoms with van der Waals surface area (Å²) in [6.45, 7) is 0.892. The number of ether oxygens (including phenoxy) is 2. The molecule has 0 aromatic rings. The maximum atomic E-state index is 7.16. The minimum atomic E-state index is 0.484. The minimum absolute atomic E-state index is 0.484. The molecule has 0 amide bonds. The highest BCUT2D eigenvalue weighted by molar-refractivity contribution is 6.65. The number of hydrogen-bond donors (Lipinski definition) is 0. The van der Waals surface area contributed by atoms with Gasteiger partial charge in [0.1, 0.15) is 0 Å². The topological polar surface area (TPSA) is 18.5 Å². The lowest BCUT2D eigenvalue weighted by atomic mass is 9.21. The zero-order chi connectivity index (χ0) is 21.6. The summed E-state index contributed by atoms with van der Waals surface area (Å²) in [5.41, 5.74) is 0. The molecule has 0 radical (unpaired) electrons. The van der Waals surface area contributed by atoms with Gasteiger partial charge in [0.15, 0.2) is 6.71 Å². The lowest BCUT2D eigenvalue weighted by molar-refractivity contribution is -0.113. The van der Waals surface area contributed by atoms with Crippen molar-refractivity contribution in [1.82, 2.24) is 0 Å². The fraction of sp³-hybridized carbons (Fsp3) is 1.00. The molecule has 0 spiro atoms. The quantitative estimate of drug-likeness (QED) is 0.349. The Hall–Kier alpha value is -0.0151. The zero-order valence-corrected chi connectivity index (χ0v) is 21.0. The van der Waals surface area contributed by atoms with Gasteiger partial charge in [-0.1, -0.05) is 116 Å². The molecule has 32 heavy (non-hydrogen) atoms. The van der Waals surface area contributed by atoms with Crippen LogP contribution in [0.5, 0.6) is 0 Å². The van der Waals surface area contributed by atoms with Gasteiger partial charge in [0.2, 0.25) is 0 Å². The molecule has 2 nitrogen and oxygen atoms in total. The Kier molecular flexibility index (Phi) is 8.97. The Morgan fingerprint density at radius 2 is 0.656 bits per heavy atom. The first-order valence-corrected chi connectivity index (χ1v) is 15.2. The lowest BCUT2D eigenvalue weighted by Crippen LogP contribution is -2.60. The van der Waals surface area contributed by atoms with Gasteiger partial charge < -0.3 is 9.47 Å². The predicted octanol–water partition coefficient (Wildman–Crippen LogP) is 8.75.